The van der Waals surface area contributed by atoms with Crippen LogP contribution in [0.15, 0.2) is 12.1 Å². The van der Waals surface area contributed by atoms with Crippen molar-refractivity contribution in [3.05, 3.63) is 22.7 Å². The Hall–Kier alpha value is -2.48. The fourth-order valence-corrected chi connectivity index (χ4v) is 2.38. The number of likely N-dealkylation sites (N-methyl/N-ethyl adjacent to an activating group) is 1. The van der Waals surface area contributed by atoms with E-state index in [4.69, 9.17) is 25.8 Å². The molecular formula is C16H19ClN2O6. The molecule has 136 valence electrons. The van der Waals surface area contributed by atoms with Gasteiger partial charge in [0.15, 0.2) is 18.1 Å². The van der Waals surface area contributed by atoms with Gasteiger partial charge in [0.05, 0.1) is 10.6 Å². The number of esters is 1. The Labute approximate surface area is 149 Å². The predicted molar refractivity (Wildman–Crippen MR) is 89.0 cm³/mol. The molecule has 0 saturated heterocycles. The van der Waals surface area contributed by atoms with Crippen LogP contribution in [-0.2, 0) is 14.3 Å². The summed E-state index contributed by atoms with van der Waals surface area (Å²) in [5.74, 6) is -0.922. The van der Waals surface area contributed by atoms with Crippen LogP contribution in [0.2, 0.25) is 5.02 Å². The molecule has 9 heteroatoms. The number of hydrogen-bond acceptors (Lipinski definition) is 6. The number of rotatable bonds is 6. The number of carbonyl (C=O) groups excluding carboxylic acids is 3. The van der Waals surface area contributed by atoms with E-state index in [0.717, 1.165) is 0 Å². The average Bonchev–Trinajstić information content (AvgIpc) is 2.59. The first-order valence-electron chi connectivity index (χ1n) is 7.75. The largest absolute Gasteiger partial charge is 0.486 e. The molecule has 2 amide bonds. The van der Waals surface area contributed by atoms with E-state index in [1.807, 2.05) is 0 Å². The van der Waals surface area contributed by atoms with Crippen LogP contribution in [-0.4, -0.2) is 50.2 Å². The summed E-state index contributed by atoms with van der Waals surface area (Å²) in [7, 11) is 0. The van der Waals surface area contributed by atoms with Gasteiger partial charge in [0, 0.05) is 6.54 Å². The fraction of sp³-hybridized carbons (Fsp3) is 0.438. The summed E-state index contributed by atoms with van der Waals surface area (Å²) in [5, 5.41) is 5.23. The minimum Gasteiger partial charge on any atom is -0.486 e. The number of hydrogen-bond donors (Lipinski definition) is 2. The molecule has 0 aliphatic carbocycles. The van der Waals surface area contributed by atoms with E-state index in [0.29, 0.717) is 31.3 Å². The number of benzene rings is 1. The molecule has 1 aliphatic heterocycles. The Morgan fingerprint density at radius 3 is 2.72 bits per heavy atom. The molecule has 2 rings (SSSR count). The van der Waals surface area contributed by atoms with Crippen molar-refractivity contribution < 1.29 is 28.6 Å². The fourth-order valence-electron chi connectivity index (χ4n) is 2.12. The average molecular weight is 371 g/mol. The van der Waals surface area contributed by atoms with Gasteiger partial charge in [0.2, 0.25) is 5.91 Å². The van der Waals surface area contributed by atoms with E-state index >= 15 is 0 Å². The summed E-state index contributed by atoms with van der Waals surface area (Å²) in [6, 6.07) is 2.10. The lowest BCUT2D eigenvalue weighted by Gasteiger charge is -2.20. The van der Waals surface area contributed by atoms with Gasteiger partial charge < -0.3 is 24.8 Å². The molecular weight excluding hydrogens is 352 g/mol. The number of nitrogens with one attached hydrogen (secondary N) is 2. The molecule has 0 unspecified atom stereocenters. The van der Waals surface area contributed by atoms with E-state index in [2.05, 4.69) is 10.6 Å². The number of halogens is 1. The summed E-state index contributed by atoms with van der Waals surface area (Å²) < 4.78 is 15.7. The molecule has 1 aliphatic rings. The molecule has 1 heterocycles. The smallest absolute Gasteiger partial charge is 0.338 e. The topological polar surface area (TPSA) is 103 Å². The Morgan fingerprint density at radius 1 is 1.28 bits per heavy atom. The SMILES string of the molecule is CCNC(=O)[C@@H](C)NC(=O)COC(=O)c1cc(Cl)c2c(c1)OCCO2. The maximum Gasteiger partial charge on any atom is 0.338 e. The van der Waals surface area contributed by atoms with Crippen LogP contribution in [0.25, 0.3) is 0 Å². The van der Waals surface area contributed by atoms with Crippen LogP contribution in [0.5, 0.6) is 11.5 Å². The van der Waals surface area contributed by atoms with Gasteiger partial charge in [0.25, 0.3) is 5.91 Å². The molecule has 0 spiro atoms. The van der Waals surface area contributed by atoms with Crippen molar-refractivity contribution in [1.82, 2.24) is 10.6 Å². The molecule has 1 atom stereocenters. The zero-order valence-electron chi connectivity index (χ0n) is 13.9. The number of carbonyl (C=O) groups is 3. The third kappa shape index (κ3) is 4.99. The molecule has 0 bridgehead atoms. The summed E-state index contributed by atoms with van der Waals surface area (Å²) in [4.78, 5) is 35.4. The van der Waals surface area contributed by atoms with Crippen LogP contribution >= 0.6 is 11.6 Å². The summed E-state index contributed by atoms with van der Waals surface area (Å²) in [6.07, 6.45) is 0. The zero-order valence-corrected chi connectivity index (χ0v) is 14.6. The molecule has 0 radical (unpaired) electrons. The third-order valence-electron chi connectivity index (χ3n) is 3.29. The highest BCUT2D eigenvalue weighted by molar-refractivity contribution is 6.32. The second-order valence-electron chi connectivity index (χ2n) is 5.24. The Kier molecular flexibility index (Phi) is 6.46. The van der Waals surface area contributed by atoms with Gasteiger partial charge in [-0.05, 0) is 26.0 Å². The van der Waals surface area contributed by atoms with E-state index in [-0.39, 0.29) is 16.5 Å². The zero-order chi connectivity index (χ0) is 18.4. The van der Waals surface area contributed by atoms with Gasteiger partial charge in [-0.2, -0.15) is 0 Å². The quantitative estimate of drug-likeness (QED) is 0.721. The van der Waals surface area contributed by atoms with Gasteiger partial charge in [-0.1, -0.05) is 11.6 Å². The summed E-state index contributed by atoms with van der Waals surface area (Å²) >= 11 is 6.05. The normalized spacial score (nSPS) is 13.6. The second-order valence-corrected chi connectivity index (χ2v) is 5.65. The third-order valence-corrected chi connectivity index (χ3v) is 3.57. The molecule has 0 saturated carbocycles. The first-order valence-corrected chi connectivity index (χ1v) is 8.13. The van der Waals surface area contributed by atoms with E-state index in [1.54, 1.807) is 6.92 Å². The van der Waals surface area contributed by atoms with Crippen LogP contribution in [0.1, 0.15) is 24.2 Å². The molecule has 2 N–H and O–H groups in total. The Morgan fingerprint density at radius 2 is 2.00 bits per heavy atom. The summed E-state index contributed by atoms with van der Waals surface area (Å²) in [6.45, 7) is 3.97. The van der Waals surface area contributed by atoms with Crippen molar-refractivity contribution in [3.8, 4) is 11.5 Å². The molecule has 25 heavy (non-hydrogen) atoms. The van der Waals surface area contributed by atoms with Gasteiger partial charge in [-0.25, -0.2) is 4.79 Å². The maximum atomic E-state index is 12.1. The van der Waals surface area contributed by atoms with Crippen LogP contribution in [0.4, 0.5) is 0 Å². The van der Waals surface area contributed by atoms with Gasteiger partial charge in [-0.15, -0.1) is 0 Å². The lowest BCUT2D eigenvalue weighted by atomic mass is 10.2. The molecule has 8 nitrogen and oxygen atoms in total. The van der Waals surface area contributed by atoms with Crippen LogP contribution in [0, 0.1) is 0 Å². The van der Waals surface area contributed by atoms with Crippen LogP contribution < -0.4 is 20.1 Å². The van der Waals surface area contributed by atoms with Crippen molar-refractivity contribution >= 4 is 29.4 Å². The highest BCUT2D eigenvalue weighted by Gasteiger charge is 2.21. The second kappa shape index (κ2) is 8.57. The highest BCUT2D eigenvalue weighted by atomic mass is 35.5. The molecule has 0 aromatic heterocycles. The minimum atomic E-state index is -0.736. The molecule has 1 aromatic rings. The Balaban J connectivity index is 1.91. The van der Waals surface area contributed by atoms with E-state index in [9.17, 15) is 14.4 Å². The maximum absolute atomic E-state index is 12.1. The van der Waals surface area contributed by atoms with Gasteiger partial charge in [0.1, 0.15) is 19.3 Å². The van der Waals surface area contributed by atoms with Crippen molar-refractivity contribution in [2.24, 2.45) is 0 Å². The lowest BCUT2D eigenvalue weighted by molar-refractivity contribution is -0.130. The van der Waals surface area contributed by atoms with Crippen molar-refractivity contribution in [2.45, 2.75) is 19.9 Å². The predicted octanol–water partition coefficient (Wildman–Crippen LogP) is 0.909. The van der Waals surface area contributed by atoms with Crippen LogP contribution in [0.3, 0.4) is 0 Å². The molecule has 1 aromatic carbocycles. The first-order chi connectivity index (χ1) is 11.9. The lowest BCUT2D eigenvalue weighted by Crippen LogP contribution is -2.46. The minimum absolute atomic E-state index is 0.138. The monoisotopic (exact) mass is 370 g/mol. The number of amides is 2. The Bertz CT molecular complexity index is 679. The van der Waals surface area contributed by atoms with E-state index in [1.165, 1.54) is 19.1 Å². The van der Waals surface area contributed by atoms with E-state index < -0.39 is 24.5 Å². The van der Waals surface area contributed by atoms with Crippen molar-refractivity contribution in [1.29, 1.82) is 0 Å². The van der Waals surface area contributed by atoms with Crippen molar-refractivity contribution in [3.63, 3.8) is 0 Å². The van der Waals surface area contributed by atoms with Crippen molar-refractivity contribution in [2.75, 3.05) is 26.4 Å². The standard InChI is InChI=1S/C16H19ClN2O6/c1-3-18-15(21)9(2)19-13(20)8-25-16(22)10-6-11(17)14-12(7-10)23-4-5-24-14/h6-7,9H,3-5,8H2,1-2H3,(H,18,21)(H,19,20)/t9-/m1/s1. The molecule has 0 fully saturated rings. The first kappa shape index (κ1) is 18.9. The number of ether oxygens (including phenoxy) is 3. The van der Waals surface area contributed by atoms with Gasteiger partial charge >= 0.3 is 5.97 Å². The highest BCUT2D eigenvalue weighted by Crippen LogP contribution is 2.38. The number of fused-ring (bicyclic) bond motifs is 1. The van der Waals surface area contributed by atoms with Gasteiger partial charge in [-0.3, -0.25) is 9.59 Å². The summed E-state index contributed by atoms with van der Waals surface area (Å²) in [5.41, 5.74) is 0.138.